The third-order valence-electron chi connectivity index (χ3n) is 5.70. The van der Waals surface area contributed by atoms with Crippen LogP contribution in [0.3, 0.4) is 0 Å². The van der Waals surface area contributed by atoms with Crippen LogP contribution in [0.1, 0.15) is 34.1 Å². The lowest BCUT2D eigenvalue weighted by Gasteiger charge is -2.24. The van der Waals surface area contributed by atoms with Crippen molar-refractivity contribution in [3.63, 3.8) is 0 Å². The molecule has 0 atom stereocenters. The minimum atomic E-state index is -4.12. The van der Waals surface area contributed by atoms with Crippen LogP contribution in [-0.2, 0) is 32.4 Å². The lowest BCUT2D eigenvalue weighted by Crippen LogP contribution is -2.38. The van der Waals surface area contributed by atoms with Crippen molar-refractivity contribution in [1.82, 2.24) is 0 Å². The number of amides is 1. The number of benzene rings is 2. The first-order valence-electron chi connectivity index (χ1n) is 11.3. The van der Waals surface area contributed by atoms with Crippen molar-refractivity contribution in [3.8, 4) is 5.75 Å². The maximum Gasteiger partial charge on any atom is 0.341 e. The van der Waals surface area contributed by atoms with E-state index in [2.05, 4.69) is 5.32 Å². The lowest BCUT2D eigenvalue weighted by atomic mass is 10.1. The molecule has 3 aromatic rings. The molecule has 0 fully saturated rings. The largest absolute Gasteiger partial charge is 0.495 e. The predicted octanol–water partition coefficient (Wildman–Crippen LogP) is 4.91. The summed E-state index contributed by atoms with van der Waals surface area (Å²) in [6, 6.07) is 12.3. The average Bonchev–Trinajstić information content (AvgIpc) is 3.44. The van der Waals surface area contributed by atoms with Gasteiger partial charge in [-0.15, -0.1) is 11.3 Å². The minimum Gasteiger partial charge on any atom is -0.495 e. The molecule has 190 valence electrons. The fraction of sp³-hybridized carbons (Fsp3) is 0.280. The summed E-state index contributed by atoms with van der Waals surface area (Å²) in [7, 11) is -2.67. The van der Waals surface area contributed by atoms with Gasteiger partial charge >= 0.3 is 5.97 Å². The number of nitrogens with one attached hydrogen (secondary N) is 1. The Hall–Kier alpha value is -3.08. The monoisotopic (exact) mass is 548 g/mol. The van der Waals surface area contributed by atoms with Crippen molar-refractivity contribution in [2.75, 3.05) is 29.9 Å². The molecule has 8 nitrogen and oxygen atoms in total. The molecule has 11 heteroatoms. The molecule has 1 aliphatic carbocycles. The molecule has 1 aromatic heterocycles. The Balaban J connectivity index is 1.68. The van der Waals surface area contributed by atoms with Gasteiger partial charge in [0.25, 0.3) is 10.0 Å². The molecule has 1 heterocycles. The summed E-state index contributed by atoms with van der Waals surface area (Å²) in [5, 5.41) is 3.32. The Morgan fingerprint density at radius 2 is 1.89 bits per heavy atom. The van der Waals surface area contributed by atoms with E-state index >= 15 is 0 Å². The van der Waals surface area contributed by atoms with Gasteiger partial charge in [0.15, 0.2) is 0 Å². The van der Waals surface area contributed by atoms with E-state index in [9.17, 15) is 18.0 Å². The summed E-state index contributed by atoms with van der Waals surface area (Å²) < 4.78 is 38.5. The molecule has 0 radical (unpaired) electrons. The van der Waals surface area contributed by atoms with Crippen LogP contribution in [0.4, 0.5) is 10.7 Å². The number of fused-ring (bicyclic) bond motifs is 1. The molecular formula is C25H25ClN2O6S2. The van der Waals surface area contributed by atoms with Crippen molar-refractivity contribution >= 4 is 55.5 Å². The number of hydrogen-bond acceptors (Lipinski definition) is 7. The number of thiophene rings is 1. The zero-order valence-electron chi connectivity index (χ0n) is 19.7. The van der Waals surface area contributed by atoms with Gasteiger partial charge in [0, 0.05) is 4.88 Å². The molecule has 4 rings (SSSR count). The van der Waals surface area contributed by atoms with Gasteiger partial charge in [-0.1, -0.05) is 29.8 Å². The molecule has 0 aliphatic heterocycles. The van der Waals surface area contributed by atoms with Crippen LogP contribution in [0.25, 0.3) is 0 Å². The number of esters is 1. The van der Waals surface area contributed by atoms with Crippen molar-refractivity contribution in [1.29, 1.82) is 0 Å². The van der Waals surface area contributed by atoms with Gasteiger partial charge in [0.2, 0.25) is 5.91 Å². The number of anilines is 2. The third kappa shape index (κ3) is 5.21. The molecule has 1 amide bonds. The molecule has 1 N–H and O–H groups in total. The van der Waals surface area contributed by atoms with Crippen molar-refractivity contribution in [3.05, 3.63) is 69.6 Å². The van der Waals surface area contributed by atoms with Crippen LogP contribution >= 0.6 is 22.9 Å². The first-order valence-corrected chi connectivity index (χ1v) is 13.9. The van der Waals surface area contributed by atoms with Crippen molar-refractivity contribution in [2.24, 2.45) is 0 Å². The molecule has 0 saturated carbocycles. The van der Waals surface area contributed by atoms with Gasteiger partial charge in [-0.05, 0) is 62.1 Å². The van der Waals surface area contributed by atoms with E-state index < -0.39 is 28.4 Å². The fourth-order valence-corrected chi connectivity index (χ4v) is 7.03. The lowest BCUT2D eigenvalue weighted by molar-refractivity contribution is -0.114. The number of ether oxygens (including phenoxy) is 2. The number of carbonyl (C=O) groups excluding carboxylic acids is 2. The summed E-state index contributed by atoms with van der Waals surface area (Å²) in [4.78, 5) is 26.9. The van der Waals surface area contributed by atoms with Crippen LogP contribution in [0.5, 0.6) is 5.75 Å². The Bertz CT molecular complexity index is 1390. The average molecular weight is 549 g/mol. The standard InChI is InChI=1S/C25H25ClN2O6S2/c1-3-34-25(30)23-18-10-7-11-21(18)35-24(23)27-22(29)15-28(16-12-13-20(33-2)19(26)14-16)36(31,32)17-8-5-4-6-9-17/h4-6,8-9,12-14H,3,7,10-11,15H2,1-2H3,(H,27,29). The summed E-state index contributed by atoms with van der Waals surface area (Å²) in [5.41, 5.74) is 1.44. The highest BCUT2D eigenvalue weighted by atomic mass is 35.5. The molecule has 0 spiro atoms. The zero-order chi connectivity index (χ0) is 25.9. The van der Waals surface area contributed by atoms with Crippen molar-refractivity contribution < 1.29 is 27.5 Å². The van der Waals surface area contributed by atoms with Crippen LogP contribution in [0.2, 0.25) is 5.02 Å². The van der Waals surface area contributed by atoms with Crippen LogP contribution < -0.4 is 14.4 Å². The van der Waals surface area contributed by atoms with E-state index in [-0.39, 0.29) is 22.2 Å². The Morgan fingerprint density at radius 1 is 1.14 bits per heavy atom. The summed E-state index contributed by atoms with van der Waals surface area (Å²) in [6.07, 6.45) is 2.49. The molecule has 0 bridgehead atoms. The second-order valence-corrected chi connectivity index (χ2v) is 11.3. The Labute approximate surface area is 218 Å². The normalized spacial score (nSPS) is 12.6. The number of aryl methyl sites for hydroxylation is 1. The second kappa shape index (κ2) is 10.9. The smallest absolute Gasteiger partial charge is 0.341 e. The predicted molar refractivity (Wildman–Crippen MR) is 140 cm³/mol. The maximum absolute atomic E-state index is 13.6. The number of carbonyl (C=O) groups is 2. The Morgan fingerprint density at radius 3 is 2.56 bits per heavy atom. The number of nitrogens with zero attached hydrogens (tertiary/aromatic N) is 1. The summed E-state index contributed by atoms with van der Waals surface area (Å²) in [5.74, 6) is -0.732. The number of halogens is 1. The van der Waals surface area contributed by atoms with E-state index in [1.54, 1.807) is 25.1 Å². The molecular weight excluding hydrogens is 524 g/mol. The SMILES string of the molecule is CCOC(=O)c1c(NC(=O)CN(c2ccc(OC)c(Cl)c2)S(=O)(=O)c2ccccc2)sc2c1CCC2. The van der Waals surface area contributed by atoms with E-state index in [1.807, 2.05) is 0 Å². The highest BCUT2D eigenvalue weighted by Gasteiger charge is 2.31. The number of rotatable bonds is 9. The number of sulfonamides is 1. The van der Waals surface area contributed by atoms with Gasteiger partial charge in [-0.3, -0.25) is 9.10 Å². The molecule has 1 aliphatic rings. The van der Waals surface area contributed by atoms with Crippen molar-refractivity contribution in [2.45, 2.75) is 31.1 Å². The Kier molecular flexibility index (Phi) is 7.87. The number of hydrogen-bond donors (Lipinski definition) is 1. The van der Waals surface area contributed by atoms with Crippen LogP contribution in [0, 0.1) is 0 Å². The minimum absolute atomic E-state index is 0.0204. The van der Waals surface area contributed by atoms with Crippen LogP contribution in [-0.4, -0.2) is 40.6 Å². The van der Waals surface area contributed by atoms with Gasteiger partial charge in [-0.2, -0.15) is 0 Å². The first-order chi connectivity index (χ1) is 17.3. The third-order valence-corrected chi connectivity index (χ3v) is 8.99. The zero-order valence-corrected chi connectivity index (χ0v) is 22.1. The quantitative estimate of drug-likeness (QED) is 0.381. The summed E-state index contributed by atoms with van der Waals surface area (Å²) >= 11 is 7.59. The van der Waals surface area contributed by atoms with Gasteiger partial charge in [0.1, 0.15) is 17.3 Å². The van der Waals surface area contributed by atoms with Gasteiger partial charge in [0.05, 0.1) is 34.9 Å². The van der Waals surface area contributed by atoms with Gasteiger partial charge < -0.3 is 14.8 Å². The maximum atomic E-state index is 13.6. The summed E-state index contributed by atoms with van der Waals surface area (Å²) in [6.45, 7) is 1.39. The van der Waals surface area contributed by atoms with Gasteiger partial charge in [-0.25, -0.2) is 13.2 Å². The van der Waals surface area contributed by atoms with E-state index in [0.29, 0.717) is 16.3 Å². The highest BCUT2D eigenvalue weighted by Crippen LogP contribution is 2.40. The van der Waals surface area contributed by atoms with E-state index in [4.69, 9.17) is 21.1 Å². The fourth-order valence-electron chi connectivity index (χ4n) is 4.05. The topological polar surface area (TPSA) is 102 Å². The molecule has 0 saturated heterocycles. The molecule has 0 unspecified atom stereocenters. The molecule has 2 aromatic carbocycles. The number of methoxy groups -OCH3 is 1. The molecule has 36 heavy (non-hydrogen) atoms. The highest BCUT2D eigenvalue weighted by molar-refractivity contribution is 7.92. The van der Waals surface area contributed by atoms with E-state index in [1.165, 1.54) is 48.8 Å². The first kappa shape index (κ1) is 26.0. The van der Waals surface area contributed by atoms with E-state index in [0.717, 1.165) is 34.0 Å². The second-order valence-electron chi connectivity index (χ2n) is 7.97. The van der Waals surface area contributed by atoms with Crippen LogP contribution in [0.15, 0.2) is 53.4 Å².